The molecule has 0 bridgehead atoms. The second kappa shape index (κ2) is 12.0. The maximum Gasteiger partial charge on any atom is 0.264 e. The van der Waals surface area contributed by atoms with Crippen LogP contribution in [0, 0.1) is 0 Å². The van der Waals surface area contributed by atoms with Crippen molar-refractivity contribution in [3.05, 3.63) is 83.9 Å². The zero-order chi connectivity index (χ0) is 23.7. The number of nitrogens with zero attached hydrogens (tertiary/aromatic N) is 1. The van der Waals surface area contributed by atoms with Gasteiger partial charge in [-0.05, 0) is 67.6 Å². The summed E-state index contributed by atoms with van der Waals surface area (Å²) >= 11 is 7.47. The van der Waals surface area contributed by atoms with Crippen molar-refractivity contribution in [1.82, 2.24) is 5.32 Å². The highest BCUT2D eigenvalue weighted by molar-refractivity contribution is 7.99. The SMILES string of the molecule is CCOc1ccc(N(CC(=O)NCCSc2ccc(Cl)cc2)S(=O)(=O)c2ccccc2)cc1. The Morgan fingerprint density at radius 2 is 1.67 bits per heavy atom. The molecule has 33 heavy (non-hydrogen) atoms. The number of ether oxygens (including phenoxy) is 1. The first-order valence-electron chi connectivity index (χ1n) is 10.4. The minimum atomic E-state index is -3.94. The minimum Gasteiger partial charge on any atom is -0.494 e. The number of thioether (sulfide) groups is 1. The van der Waals surface area contributed by atoms with Gasteiger partial charge in [-0.1, -0.05) is 29.8 Å². The first-order valence-corrected chi connectivity index (χ1v) is 13.2. The van der Waals surface area contributed by atoms with Gasteiger partial charge in [0.2, 0.25) is 5.91 Å². The lowest BCUT2D eigenvalue weighted by molar-refractivity contribution is -0.119. The predicted molar refractivity (Wildman–Crippen MR) is 134 cm³/mol. The van der Waals surface area contributed by atoms with Gasteiger partial charge in [-0.2, -0.15) is 0 Å². The average molecular weight is 505 g/mol. The van der Waals surface area contributed by atoms with Gasteiger partial charge in [0.25, 0.3) is 10.0 Å². The number of benzene rings is 3. The van der Waals surface area contributed by atoms with E-state index >= 15 is 0 Å². The summed E-state index contributed by atoms with van der Waals surface area (Å²) in [7, 11) is -3.94. The molecule has 0 heterocycles. The highest BCUT2D eigenvalue weighted by Crippen LogP contribution is 2.26. The Balaban J connectivity index is 1.69. The summed E-state index contributed by atoms with van der Waals surface area (Å²) in [4.78, 5) is 13.8. The fourth-order valence-corrected chi connectivity index (χ4v) is 5.32. The molecule has 0 saturated heterocycles. The number of nitrogens with one attached hydrogen (secondary N) is 1. The van der Waals surface area contributed by atoms with Crippen molar-refractivity contribution in [3.8, 4) is 5.75 Å². The number of carbonyl (C=O) groups excluding carboxylic acids is 1. The third-order valence-electron chi connectivity index (χ3n) is 4.56. The fraction of sp³-hybridized carbons (Fsp3) is 0.208. The second-order valence-corrected chi connectivity index (χ2v) is 10.4. The summed E-state index contributed by atoms with van der Waals surface area (Å²) in [6.45, 7) is 2.43. The molecule has 6 nitrogen and oxygen atoms in total. The summed E-state index contributed by atoms with van der Waals surface area (Å²) in [6.07, 6.45) is 0. The van der Waals surface area contributed by atoms with Crippen molar-refractivity contribution in [2.24, 2.45) is 0 Å². The molecular formula is C24H25ClN2O4S2. The summed E-state index contributed by atoms with van der Waals surface area (Å²) < 4.78 is 33.2. The van der Waals surface area contributed by atoms with E-state index in [4.69, 9.17) is 16.3 Å². The molecule has 0 aliphatic carbocycles. The van der Waals surface area contributed by atoms with Crippen molar-refractivity contribution < 1.29 is 17.9 Å². The Morgan fingerprint density at radius 1 is 1.00 bits per heavy atom. The van der Waals surface area contributed by atoms with E-state index in [1.807, 2.05) is 31.2 Å². The number of amides is 1. The number of carbonyl (C=O) groups is 1. The number of hydrogen-bond donors (Lipinski definition) is 1. The predicted octanol–water partition coefficient (Wildman–Crippen LogP) is 4.84. The van der Waals surface area contributed by atoms with Crippen LogP contribution in [0.25, 0.3) is 0 Å². The van der Waals surface area contributed by atoms with E-state index in [9.17, 15) is 13.2 Å². The van der Waals surface area contributed by atoms with Gasteiger partial charge < -0.3 is 10.1 Å². The number of hydrogen-bond acceptors (Lipinski definition) is 5. The highest BCUT2D eigenvalue weighted by Gasteiger charge is 2.27. The van der Waals surface area contributed by atoms with Crippen LogP contribution in [0.1, 0.15) is 6.92 Å². The van der Waals surface area contributed by atoms with Gasteiger partial charge in [-0.25, -0.2) is 8.42 Å². The normalized spacial score (nSPS) is 11.1. The maximum absolute atomic E-state index is 13.3. The van der Waals surface area contributed by atoms with Gasteiger partial charge in [0.1, 0.15) is 12.3 Å². The molecule has 174 valence electrons. The van der Waals surface area contributed by atoms with E-state index in [0.717, 1.165) is 9.20 Å². The third-order valence-corrected chi connectivity index (χ3v) is 7.61. The Hall–Kier alpha value is -2.68. The summed E-state index contributed by atoms with van der Waals surface area (Å²) in [5, 5.41) is 3.47. The molecule has 0 aliphatic heterocycles. The van der Waals surface area contributed by atoms with E-state index in [1.54, 1.807) is 54.2 Å². The zero-order valence-electron chi connectivity index (χ0n) is 18.1. The first kappa shape index (κ1) is 25.0. The monoisotopic (exact) mass is 504 g/mol. The highest BCUT2D eigenvalue weighted by atomic mass is 35.5. The number of anilines is 1. The summed E-state index contributed by atoms with van der Waals surface area (Å²) in [5.41, 5.74) is 0.382. The molecule has 0 unspecified atom stereocenters. The summed E-state index contributed by atoms with van der Waals surface area (Å²) in [6, 6.07) is 22.2. The van der Waals surface area contributed by atoms with E-state index in [-0.39, 0.29) is 17.3 Å². The molecule has 1 amide bonds. The van der Waals surface area contributed by atoms with Gasteiger partial charge in [0.05, 0.1) is 17.2 Å². The van der Waals surface area contributed by atoms with Crippen molar-refractivity contribution >= 4 is 45.0 Å². The van der Waals surface area contributed by atoms with Crippen molar-refractivity contribution in [2.45, 2.75) is 16.7 Å². The Bertz CT molecular complexity index is 1140. The van der Waals surface area contributed by atoms with Gasteiger partial charge in [-0.15, -0.1) is 11.8 Å². The average Bonchev–Trinajstić information content (AvgIpc) is 2.83. The van der Waals surface area contributed by atoms with Gasteiger partial charge in [0.15, 0.2) is 0 Å². The first-order chi connectivity index (χ1) is 15.9. The largest absolute Gasteiger partial charge is 0.494 e. The van der Waals surface area contributed by atoms with Gasteiger partial charge in [-0.3, -0.25) is 9.10 Å². The van der Waals surface area contributed by atoms with Crippen LogP contribution in [-0.2, 0) is 14.8 Å². The van der Waals surface area contributed by atoms with E-state index in [0.29, 0.717) is 35.4 Å². The van der Waals surface area contributed by atoms with Crippen molar-refractivity contribution in [3.63, 3.8) is 0 Å². The molecule has 0 atom stereocenters. The van der Waals surface area contributed by atoms with Crippen LogP contribution >= 0.6 is 23.4 Å². The Labute approximate surface area is 204 Å². The molecule has 0 spiro atoms. The lowest BCUT2D eigenvalue weighted by atomic mass is 10.3. The van der Waals surface area contributed by atoms with Crippen LogP contribution in [0.3, 0.4) is 0 Å². The maximum atomic E-state index is 13.3. The topological polar surface area (TPSA) is 75.7 Å². The summed E-state index contributed by atoms with van der Waals surface area (Å²) in [5.74, 6) is 0.879. The van der Waals surface area contributed by atoms with E-state index in [2.05, 4.69) is 5.32 Å². The van der Waals surface area contributed by atoms with Crippen molar-refractivity contribution in [2.75, 3.05) is 29.8 Å². The Kier molecular flexibility index (Phi) is 9.05. The van der Waals surface area contributed by atoms with E-state index < -0.39 is 10.0 Å². The van der Waals surface area contributed by atoms with Gasteiger partial charge in [0, 0.05) is 22.2 Å². The van der Waals surface area contributed by atoms with Crippen LogP contribution in [0.15, 0.2) is 88.7 Å². The number of sulfonamides is 1. The lowest BCUT2D eigenvalue weighted by Crippen LogP contribution is -2.41. The fourth-order valence-electron chi connectivity index (χ4n) is 2.99. The van der Waals surface area contributed by atoms with Crippen molar-refractivity contribution in [1.29, 1.82) is 0 Å². The molecule has 1 N–H and O–H groups in total. The molecule has 3 aromatic carbocycles. The number of rotatable bonds is 11. The quantitative estimate of drug-likeness (QED) is 0.298. The molecule has 3 aromatic rings. The smallest absolute Gasteiger partial charge is 0.264 e. The van der Waals surface area contributed by atoms with Crippen LogP contribution in [0.2, 0.25) is 5.02 Å². The van der Waals surface area contributed by atoms with Crippen LogP contribution in [0.4, 0.5) is 5.69 Å². The van der Waals surface area contributed by atoms with Crippen LogP contribution in [0.5, 0.6) is 5.75 Å². The molecule has 0 fully saturated rings. The number of halogens is 1. The second-order valence-electron chi connectivity index (χ2n) is 6.90. The third kappa shape index (κ3) is 7.15. The molecule has 0 aromatic heterocycles. The van der Waals surface area contributed by atoms with Crippen LogP contribution in [-0.4, -0.2) is 39.8 Å². The standard InChI is InChI=1S/C24H25ClN2O4S2/c1-2-31-21-12-10-20(11-13-21)27(33(29,30)23-6-4-3-5-7-23)18-24(28)26-16-17-32-22-14-8-19(25)9-15-22/h3-15H,2,16-18H2,1H3,(H,26,28). The molecular weight excluding hydrogens is 480 g/mol. The molecule has 9 heteroatoms. The minimum absolute atomic E-state index is 0.116. The molecule has 0 radical (unpaired) electrons. The van der Waals surface area contributed by atoms with Gasteiger partial charge >= 0.3 is 0 Å². The zero-order valence-corrected chi connectivity index (χ0v) is 20.5. The molecule has 0 aliphatic rings. The van der Waals surface area contributed by atoms with Crippen LogP contribution < -0.4 is 14.4 Å². The Morgan fingerprint density at radius 3 is 2.30 bits per heavy atom. The lowest BCUT2D eigenvalue weighted by Gasteiger charge is -2.24. The molecule has 3 rings (SSSR count). The molecule has 0 saturated carbocycles. The van der Waals surface area contributed by atoms with E-state index in [1.165, 1.54) is 12.1 Å².